The molecule has 0 saturated carbocycles. The number of hydrogen-bond donors (Lipinski definition) is 14. The Hall–Kier alpha value is -12.0. The van der Waals surface area contributed by atoms with E-state index >= 15 is 0 Å². The van der Waals surface area contributed by atoms with Crippen LogP contribution >= 0.6 is 15.6 Å². The molecule has 119 heavy (non-hydrogen) atoms. The Morgan fingerprint density at radius 2 is 0.807 bits per heavy atom. The number of benzene rings is 6. The molecule has 33 nitrogen and oxygen atoms in total. The highest BCUT2D eigenvalue weighted by Crippen LogP contribution is 2.46. The van der Waals surface area contributed by atoms with Gasteiger partial charge in [0, 0.05) is 71.7 Å². The number of aromatic nitrogens is 9. The van der Waals surface area contributed by atoms with E-state index < -0.39 is 15.6 Å². The summed E-state index contributed by atoms with van der Waals surface area (Å²) in [5.74, 6) is 1.36. The van der Waals surface area contributed by atoms with Gasteiger partial charge in [0.1, 0.15) is 45.5 Å². The number of nitrogens with one attached hydrogen (secondary N) is 3. The fourth-order valence-electron chi connectivity index (χ4n) is 13.4. The van der Waals surface area contributed by atoms with E-state index in [-0.39, 0.29) is 76.9 Å². The quantitative estimate of drug-likeness (QED) is 0.00734. The van der Waals surface area contributed by atoms with Crippen LogP contribution in [0.4, 0.5) is 17.5 Å². The van der Waals surface area contributed by atoms with E-state index in [2.05, 4.69) is 86.6 Å². The molecule has 6 heterocycles. The molecule has 0 fully saturated rings. The van der Waals surface area contributed by atoms with Gasteiger partial charge in [-0.1, -0.05) is 102 Å². The van der Waals surface area contributed by atoms with Crippen LogP contribution in [0.1, 0.15) is 110 Å². The van der Waals surface area contributed by atoms with Gasteiger partial charge < -0.3 is 90.5 Å². The number of amides is 3. The number of phosphoric ester groups is 2. The number of fused-ring (bicyclic) bond motifs is 9. The number of carbonyl (C=O) groups excluding carboxylic acids is 3. The van der Waals surface area contributed by atoms with Crippen molar-refractivity contribution in [2.75, 3.05) is 76.5 Å². The normalized spacial score (nSPS) is 11.6. The number of nitrogen functional groups attached to an aromatic ring is 3. The molecular weight excluding hydrogens is 1570 g/mol. The molecule has 0 spiro atoms. The summed E-state index contributed by atoms with van der Waals surface area (Å²) in [5.41, 5.74) is 29.6. The number of aromatic hydroxyl groups is 4. The largest absolute Gasteiger partial charge is 0.524 e. The Bertz CT molecular complexity index is 5760. The Balaban J connectivity index is 0.000000188. The first-order valence-corrected chi connectivity index (χ1v) is 42.0. The number of phenolic OH excluding ortho intramolecular Hbond substituents is 4. The lowest BCUT2D eigenvalue weighted by molar-refractivity contribution is -0.117. The van der Waals surface area contributed by atoms with Gasteiger partial charge in [-0.25, -0.2) is 39.0 Å². The van der Waals surface area contributed by atoms with Crippen LogP contribution in [0.3, 0.4) is 0 Å². The molecule has 0 bridgehead atoms. The second-order valence-electron chi connectivity index (χ2n) is 27.9. The van der Waals surface area contributed by atoms with Crippen molar-refractivity contribution < 1.29 is 86.8 Å². The zero-order valence-corrected chi connectivity index (χ0v) is 68.3. The van der Waals surface area contributed by atoms with Gasteiger partial charge in [-0.05, 0) is 140 Å². The summed E-state index contributed by atoms with van der Waals surface area (Å²) in [6.45, 7) is 20.9. The fourth-order valence-corrected chi connectivity index (χ4v) is 14.3. The molecule has 630 valence electrons. The van der Waals surface area contributed by atoms with Gasteiger partial charge in [0.05, 0.1) is 92.4 Å². The van der Waals surface area contributed by atoms with Crippen LogP contribution in [0.15, 0.2) is 147 Å². The first kappa shape index (κ1) is 89.3. The highest BCUT2D eigenvalue weighted by Gasteiger charge is 2.27. The van der Waals surface area contributed by atoms with E-state index in [4.69, 9.17) is 50.9 Å². The number of hydrogen-bond acceptors (Lipinski definition) is 23. The van der Waals surface area contributed by atoms with Crippen molar-refractivity contribution in [1.29, 1.82) is 0 Å². The van der Waals surface area contributed by atoms with Crippen LogP contribution in [-0.2, 0) is 95.9 Å². The number of pyridine rings is 3. The molecule has 0 aliphatic rings. The average molecular weight is 1670 g/mol. The number of ether oxygens (including phenoxy) is 3. The maximum atomic E-state index is 11.7. The molecule has 35 heteroatoms. The van der Waals surface area contributed by atoms with Crippen LogP contribution < -0.4 is 42.2 Å². The molecule has 0 saturated heterocycles. The molecular formula is C84H101N15O18P2. The van der Waals surface area contributed by atoms with E-state index in [9.17, 15) is 63.5 Å². The van der Waals surface area contributed by atoms with Crippen molar-refractivity contribution in [3.63, 3.8) is 0 Å². The van der Waals surface area contributed by atoms with Gasteiger partial charge >= 0.3 is 15.6 Å². The van der Waals surface area contributed by atoms with E-state index in [0.29, 0.717) is 148 Å². The minimum absolute atomic E-state index is 0.0877. The first-order valence-electron chi connectivity index (χ1n) is 38.9. The lowest BCUT2D eigenvalue weighted by Gasteiger charge is -2.16. The maximum absolute atomic E-state index is 11.7. The van der Waals surface area contributed by atoms with Gasteiger partial charge in [0.25, 0.3) is 0 Å². The van der Waals surface area contributed by atoms with Crippen molar-refractivity contribution in [3.8, 4) is 34.5 Å². The van der Waals surface area contributed by atoms with E-state index in [1.165, 1.54) is 42.5 Å². The third kappa shape index (κ3) is 23.9. The summed E-state index contributed by atoms with van der Waals surface area (Å²) in [7, 11) is -9.81. The van der Waals surface area contributed by atoms with Gasteiger partial charge in [-0.3, -0.25) is 34.0 Å². The van der Waals surface area contributed by atoms with Gasteiger partial charge in [0.2, 0.25) is 17.7 Å². The molecule has 0 unspecified atom stereocenters. The summed E-state index contributed by atoms with van der Waals surface area (Å²) in [5, 5.41) is 52.2. The third-order valence-corrected chi connectivity index (χ3v) is 20.1. The molecule has 0 aliphatic carbocycles. The number of phenols is 4. The smallest absolute Gasteiger partial charge is 0.508 e. The van der Waals surface area contributed by atoms with Crippen LogP contribution in [0.2, 0.25) is 0 Å². The molecule has 0 radical (unpaired) electrons. The highest BCUT2D eigenvalue weighted by molar-refractivity contribution is 7.47. The number of nitrogens with zero attached hydrogens (tertiary/aromatic N) is 9. The summed E-state index contributed by atoms with van der Waals surface area (Å²) in [6, 6.07) is 31.3. The summed E-state index contributed by atoms with van der Waals surface area (Å²) < 4.78 is 55.6. The fraction of sp³-hybridized carbons (Fsp3) is 0.321. The van der Waals surface area contributed by atoms with Crippen LogP contribution in [0.25, 0.3) is 65.8 Å². The lowest BCUT2D eigenvalue weighted by Crippen LogP contribution is -2.25. The van der Waals surface area contributed by atoms with E-state index in [1.54, 1.807) is 30.3 Å². The topological polar surface area (TPSA) is 500 Å². The van der Waals surface area contributed by atoms with Crippen molar-refractivity contribution in [3.05, 3.63) is 198 Å². The first-order chi connectivity index (χ1) is 57.1. The lowest BCUT2D eigenvalue weighted by atomic mass is 10.1. The second kappa shape index (κ2) is 41.9. The SMILES string of the molecule is C=CC(=O)NCCOCCc1ccc2nc(N)c3nc(CCCC)n(Cc4cc(O)ccc4O)c3c2c1.C=CC(=O)NCCOCCc1ccc2nc(N)c3nc(CCCC)n(Cc4cccc(O)c4OP(=O)(O)O)c3c2c1.C=CC(=O)NCCOCCc1ccc2nc(N)c3nc(CCCC)n(Cc4cccc(OP(=O)(O)O)c4O)c3c2c1. The van der Waals surface area contributed by atoms with Crippen molar-refractivity contribution in [2.45, 2.75) is 117 Å². The van der Waals surface area contributed by atoms with E-state index in [1.807, 2.05) is 57.7 Å². The molecule has 0 aliphatic heterocycles. The predicted molar refractivity (Wildman–Crippen MR) is 456 cm³/mol. The number of nitrogens with two attached hydrogens (primary N) is 3. The van der Waals surface area contributed by atoms with Crippen molar-refractivity contribution >= 4 is 117 Å². The molecule has 17 N–H and O–H groups in total. The number of anilines is 3. The standard InChI is InChI=1S/2C28H34N5O7P.C28H33N5O4/c1-3-5-9-23-32-25-26(33(23)17-19-7-6-8-22(27(19)35)40-41(36,37)38)20-16-18(10-11-21(20)31-28(25)29)12-14-39-15-13-30-24(34)4-2;1-3-5-9-23-32-25-26(33(23)17-19-7-6-8-22(34)27(19)40-41(36,37)38)20-16-18(10-11-21(20)31-28(25)29)12-14-39-15-13-30-24(35)4-2;1-3-5-6-24-32-26-27(33(24)17-19-16-20(34)8-10-23(19)35)21-15-18(7-9-22(21)31-28(26)29)11-13-37-14-12-30-25(36)4-2/h4,6-8,10-11,16,35H,2-3,5,9,12-15,17H2,1H3,(H2,29,31)(H,30,34)(H2,36,37,38);4,6-8,10-11,16,34H,2-3,5,9,12-15,17H2,1H3,(H2,29,31)(H,30,35)(H2,36,37,38);4,7-10,15-16,34-35H,2-3,5-6,11-14,17H2,1H3,(H2,29,31)(H,30,36). The van der Waals surface area contributed by atoms with Gasteiger partial charge in [0.15, 0.2) is 40.5 Å². The maximum Gasteiger partial charge on any atom is 0.524 e. The molecule has 12 rings (SSSR count). The Morgan fingerprint density at radius 3 is 1.18 bits per heavy atom. The van der Waals surface area contributed by atoms with Crippen molar-refractivity contribution in [2.24, 2.45) is 0 Å². The summed E-state index contributed by atoms with van der Waals surface area (Å²) in [4.78, 5) is 99.4. The van der Waals surface area contributed by atoms with Crippen LogP contribution in [0, 0.1) is 0 Å². The number of unbranched alkanes of at least 4 members (excludes halogenated alkanes) is 3. The summed E-state index contributed by atoms with van der Waals surface area (Å²) in [6.07, 6.45) is 13.2. The van der Waals surface area contributed by atoms with Gasteiger partial charge in [-0.15, -0.1) is 0 Å². The average Bonchev–Trinajstić information content (AvgIpc) is 1.62. The minimum atomic E-state index is -4.94. The molecule has 6 aromatic carbocycles. The third-order valence-electron chi connectivity index (χ3n) is 19.2. The Labute approximate surface area is 686 Å². The number of rotatable bonds is 40. The summed E-state index contributed by atoms with van der Waals surface area (Å²) >= 11 is 0. The molecule has 6 aromatic heterocycles. The number of aryl methyl sites for hydroxylation is 3. The van der Waals surface area contributed by atoms with Gasteiger partial charge in [-0.2, -0.15) is 0 Å². The number of carbonyl (C=O) groups is 3. The molecule has 12 aromatic rings. The zero-order valence-electron chi connectivity index (χ0n) is 66.5. The van der Waals surface area contributed by atoms with E-state index in [0.717, 1.165) is 117 Å². The zero-order chi connectivity index (χ0) is 85.5. The van der Waals surface area contributed by atoms with Crippen LogP contribution in [-0.4, -0.2) is 161 Å². The second-order valence-corrected chi connectivity index (χ2v) is 30.2. The number of phosphoric acid groups is 2. The highest BCUT2D eigenvalue weighted by atomic mass is 31.2. The number of para-hydroxylation sites is 2. The Morgan fingerprint density at radius 1 is 0.437 bits per heavy atom. The predicted octanol–water partition coefficient (Wildman–Crippen LogP) is 11.0. The van der Waals surface area contributed by atoms with Crippen molar-refractivity contribution in [1.82, 2.24) is 59.6 Å². The molecule has 3 amide bonds. The monoisotopic (exact) mass is 1670 g/mol. The number of imidazole rings is 3. The van der Waals surface area contributed by atoms with Crippen LogP contribution in [0.5, 0.6) is 34.5 Å². The Kier molecular flexibility index (Phi) is 31.4. The minimum Gasteiger partial charge on any atom is -0.508 e. The molecule has 0 atom stereocenters.